The van der Waals surface area contributed by atoms with Crippen LogP contribution in [-0.2, 0) is 23.1 Å². The van der Waals surface area contributed by atoms with Crippen molar-refractivity contribution in [2.45, 2.75) is 38.0 Å². The molecular formula is C27H28N4O5S3. The normalized spacial score (nSPS) is 11.2. The van der Waals surface area contributed by atoms with Gasteiger partial charge in [-0.05, 0) is 61.0 Å². The molecule has 5 rings (SSSR count). The number of hydrogen-bond acceptors (Lipinski definition) is 10. The molecule has 0 unspecified atom stereocenters. The van der Waals surface area contributed by atoms with Crippen LogP contribution in [0.2, 0.25) is 0 Å². The Balaban J connectivity index is 0.000000379. The number of aromatic nitrogens is 3. The average Bonchev–Trinajstić information content (AvgIpc) is 3.59. The van der Waals surface area contributed by atoms with Gasteiger partial charge in [-0.15, -0.1) is 21.5 Å². The summed E-state index contributed by atoms with van der Waals surface area (Å²) in [7, 11) is -2.63. The summed E-state index contributed by atoms with van der Waals surface area (Å²) in [4.78, 5) is 4.63. The van der Waals surface area contributed by atoms with Crippen LogP contribution in [0.25, 0.3) is 22.0 Å². The van der Waals surface area contributed by atoms with Crippen molar-refractivity contribution < 1.29 is 22.4 Å². The number of methoxy groups -OCH3 is 1. The monoisotopic (exact) mass is 584 g/mol. The van der Waals surface area contributed by atoms with Gasteiger partial charge in [0.25, 0.3) is 0 Å². The zero-order chi connectivity index (χ0) is 28.2. The van der Waals surface area contributed by atoms with Crippen LogP contribution in [0.5, 0.6) is 11.5 Å². The lowest BCUT2D eigenvalue weighted by Gasteiger charge is -2.15. The Labute approximate surface area is 235 Å². The van der Waals surface area contributed by atoms with Crippen LogP contribution in [0, 0.1) is 13.8 Å². The number of aryl methyl sites for hydroxylation is 2. The van der Waals surface area contributed by atoms with E-state index in [0.29, 0.717) is 22.9 Å². The van der Waals surface area contributed by atoms with Crippen LogP contribution < -0.4 is 15.2 Å². The zero-order valence-electron chi connectivity index (χ0n) is 21.8. The second kappa shape index (κ2) is 12.1. The zero-order valence-corrected chi connectivity index (χ0v) is 24.3. The summed E-state index contributed by atoms with van der Waals surface area (Å²) in [5, 5.41) is 11.5. The number of nitrogens with zero attached hydrogens (tertiary/aromatic N) is 3. The van der Waals surface area contributed by atoms with Crippen molar-refractivity contribution in [2.75, 3.05) is 12.8 Å². The van der Waals surface area contributed by atoms with Gasteiger partial charge in [-0.25, -0.2) is 0 Å². The van der Waals surface area contributed by atoms with Gasteiger partial charge in [0, 0.05) is 22.2 Å². The fourth-order valence-electron chi connectivity index (χ4n) is 3.79. The second-order valence-corrected chi connectivity index (χ2v) is 12.1. The first-order chi connectivity index (χ1) is 18.6. The predicted molar refractivity (Wildman–Crippen MR) is 155 cm³/mol. The summed E-state index contributed by atoms with van der Waals surface area (Å²) in [6.07, 6.45) is 0.925. The Morgan fingerprint density at radius 3 is 2.38 bits per heavy atom. The number of fused-ring (bicyclic) bond motifs is 1. The molecule has 0 aliphatic rings. The van der Waals surface area contributed by atoms with Crippen molar-refractivity contribution in [3.05, 3.63) is 75.7 Å². The summed E-state index contributed by atoms with van der Waals surface area (Å²) in [6, 6.07) is 14.8. The molecule has 0 aliphatic heterocycles. The number of benzene rings is 2. The molecule has 0 radical (unpaired) electrons. The van der Waals surface area contributed by atoms with Crippen molar-refractivity contribution in [3.63, 3.8) is 0 Å². The van der Waals surface area contributed by atoms with Crippen molar-refractivity contribution in [3.8, 4) is 22.6 Å². The highest BCUT2D eigenvalue weighted by Gasteiger charge is 2.18. The third-order valence-corrected chi connectivity index (χ3v) is 9.13. The third-order valence-electron chi connectivity index (χ3n) is 5.92. The summed E-state index contributed by atoms with van der Waals surface area (Å²) < 4.78 is 44.0. The molecule has 12 heteroatoms. The quantitative estimate of drug-likeness (QED) is 0.217. The van der Waals surface area contributed by atoms with Crippen molar-refractivity contribution in [1.82, 2.24) is 15.2 Å². The first kappa shape index (κ1) is 28.4. The van der Waals surface area contributed by atoms with E-state index in [-0.39, 0.29) is 4.21 Å². The lowest BCUT2D eigenvalue weighted by molar-refractivity contribution is 0.307. The minimum absolute atomic E-state index is 0.0557. The molecule has 0 fully saturated rings. The molecule has 0 amide bonds. The smallest absolute Gasteiger partial charge is 0.304 e. The maximum Gasteiger partial charge on any atom is 0.304 e. The molecule has 39 heavy (non-hydrogen) atoms. The fourth-order valence-corrected chi connectivity index (χ4v) is 6.10. The van der Waals surface area contributed by atoms with E-state index >= 15 is 0 Å². The number of nitrogens with two attached hydrogens (primary N) is 1. The van der Waals surface area contributed by atoms with Crippen molar-refractivity contribution in [2.24, 2.45) is 0 Å². The van der Waals surface area contributed by atoms with E-state index in [1.807, 2.05) is 63.2 Å². The third kappa shape index (κ3) is 6.71. The van der Waals surface area contributed by atoms with Crippen LogP contribution in [0.3, 0.4) is 0 Å². The van der Waals surface area contributed by atoms with Crippen LogP contribution in [0.1, 0.15) is 28.8 Å². The van der Waals surface area contributed by atoms with E-state index in [1.165, 1.54) is 11.3 Å². The lowest BCUT2D eigenvalue weighted by atomic mass is 10.1. The molecule has 3 heterocycles. The van der Waals surface area contributed by atoms with Gasteiger partial charge in [0.2, 0.25) is 5.13 Å². The largest absolute Gasteiger partial charge is 0.497 e. The molecule has 0 saturated carbocycles. The topological polar surface area (TPSA) is 138 Å². The fraction of sp³-hybridized carbons (Fsp3) is 0.222. The number of pyridine rings is 1. The summed E-state index contributed by atoms with van der Waals surface area (Å²) in [6.45, 7) is 6.30. The van der Waals surface area contributed by atoms with Crippen LogP contribution in [-0.4, -0.2) is 35.3 Å². The lowest BCUT2D eigenvalue weighted by Crippen LogP contribution is -2.01. The molecule has 0 aliphatic carbocycles. The van der Waals surface area contributed by atoms with E-state index in [4.69, 9.17) is 15.2 Å². The van der Waals surface area contributed by atoms with Crippen molar-refractivity contribution >= 4 is 48.8 Å². The maximum atomic E-state index is 11.6. The molecule has 2 aromatic carbocycles. The standard InChI is InChI=1S/C23H21NO5S2.C4H7N3S/c1-14-15(2)24-21-9-8-18(28-3)12-20(21)22(14)29-13-16-4-6-17(7-5-16)19-10-11-30-23(19)31(25,26)27;1-2-3-6-7-4(5)8-3/h4-12H,13H2,1-3H3,(H,25,26,27);2H2,1H3,(H2,5,7). The predicted octanol–water partition coefficient (Wildman–Crippen LogP) is 6.10. The number of rotatable bonds is 7. The molecule has 0 spiro atoms. The van der Waals surface area contributed by atoms with E-state index in [1.54, 1.807) is 18.6 Å². The van der Waals surface area contributed by atoms with Crippen LogP contribution in [0.15, 0.2) is 58.1 Å². The number of nitrogen functional groups attached to an aromatic ring is 1. The molecule has 3 N–H and O–H groups in total. The summed E-state index contributed by atoms with van der Waals surface area (Å²) in [5.41, 5.74) is 10.1. The van der Waals surface area contributed by atoms with Gasteiger partial charge < -0.3 is 15.2 Å². The molecule has 5 aromatic rings. The highest BCUT2D eigenvalue weighted by molar-refractivity contribution is 7.88. The Bertz CT molecular complexity index is 1700. The average molecular weight is 585 g/mol. The maximum absolute atomic E-state index is 11.6. The first-order valence-electron chi connectivity index (χ1n) is 11.9. The number of ether oxygens (including phenoxy) is 2. The Morgan fingerprint density at radius 1 is 1.05 bits per heavy atom. The number of thiophene rings is 1. The van der Waals surface area contributed by atoms with E-state index < -0.39 is 10.1 Å². The molecule has 0 bridgehead atoms. The molecule has 204 valence electrons. The number of anilines is 1. The Hall–Kier alpha value is -3.58. The Kier molecular flexibility index (Phi) is 8.80. The molecule has 3 aromatic heterocycles. The molecule has 9 nitrogen and oxygen atoms in total. The molecule has 0 atom stereocenters. The van der Waals surface area contributed by atoms with Gasteiger partial charge in [0.1, 0.15) is 23.1 Å². The highest BCUT2D eigenvalue weighted by Crippen LogP contribution is 2.34. The van der Waals surface area contributed by atoms with Gasteiger partial charge in [0.05, 0.1) is 12.6 Å². The van der Waals surface area contributed by atoms with E-state index in [9.17, 15) is 13.0 Å². The van der Waals surface area contributed by atoms with Gasteiger partial charge in [0.15, 0.2) is 4.21 Å². The number of hydrogen-bond donors (Lipinski definition) is 2. The minimum Gasteiger partial charge on any atom is -0.497 e. The highest BCUT2D eigenvalue weighted by atomic mass is 32.3. The van der Waals surface area contributed by atoms with Gasteiger partial charge in [-0.3, -0.25) is 9.54 Å². The SMILES string of the molecule is CCc1nnc(N)s1.COc1ccc2nc(C)c(C)c(OCc3ccc(-c4ccsc4S(=O)(=O)O)cc3)c2c1. The van der Waals surface area contributed by atoms with E-state index in [0.717, 1.165) is 62.0 Å². The van der Waals surface area contributed by atoms with Gasteiger partial charge in [-0.2, -0.15) is 8.42 Å². The second-order valence-electron chi connectivity index (χ2n) is 8.50. The van der Waals surface area contributed by atoms with Gasteiger partial charge >= 0.3 is 10.1 Å². The van der Waals surface area contributed by atoms with E-state index in [2.05, 4.69) is 15.2 Å². The summed E-state index contributed by atoms with van der Waals surface area (Å²) >= 11 is 2.43. The van der Waals surface area contributed by atoms with Crippen LogP contribution >= 0.6 is 22.7 Å². The van der Waals surface area contributed by atoms with Crippen molar-refractivity contribution in [1.29, 1.82) is 0 Å². The molecular weight excluding hydrogens is 557 g/mol. The minimum atomic E-state index is -4.25. The van der Waals surface area contributed by atoms with Crippen LogP contribution in [0.4, 0.5) is 5.13 Å². The first-order valence-corrected chi connectivity index (χ1v) is 15.0. The Morgan fingerprint density at radius 2 is 1.79 bits per heavy atom. The summed E-state index contributed by atoms with van der Waals surface area (Å²) in [5.74, 6) is 1.49. The molecule has 0 saturated heterocycles. The van der Waals surface area contributed by atoms with Gasteiger partial charge in [-0.1, -0.05) is 42.5 Å².